The molecular weight excluding hydrogens is 470 g/mol. The monoisotopic (exact) mass is 485 g/mol. The van der Waals surface area contributed by atoms with Crippen molar-refractivity contribution in [1.29, 1.82) is 0 Å². The van der Waals surface area contributed by atoms with Gasteiger partial charge in [-0.2, -0.15) is 4.31 Å². The molecule has 0 spiro atoms. The fraction of sp³-hybridized carbons (Fsp3) is 0.211. The lowest BCUT2D eigenvalue weighted by atomic mass is 10.0. The molecule has 2 aromatic rings. The summed E-state index contributed by atoms with van der Waals surface area (Å²) in [5.74, 6) is 0.632. The fourth-order valence-electron chi connectivity index (χ4n) is 2.94. The first-order valence-corrected chi connectivity index (χ1v) is 11.8. The minimum atomic E-state index is -3.79. The Morgan fingerprint density at radius 1 is 1.19 bits per heavy atom. The molecule has 8 heteroatoms. The van der Waals surface area contributed by atoms with Gasteiger partial charge >= 0.3 is 0 Å². The standard InChI is InChI=1S/C19H17BrClNO3S2/c1-2-26-19(23)17-11-12-22(18(17)13-3-5-14(20)6-4-13)27(24,25)16-9-7-15(21)8-10-16/h3-11,18H,2,12H2,1H3/t18-/m1/s1. The number of nitrogens with zero attached hydrogens (tertiary/aromatic N) is 1. The first-order valence-electron chi connectivity index (χ1n) is 8.24. The van der Waals surface area contributed by atoms with Gasteiger partial charge in [0.05, 0.1) is 10.9 Å². The highest BCUT2D eigenvalue weighted by Crippen LogP contribution is 2.40. The maximum atomic E-state index is 13.2. The first-order chi connectivity index (χ1) is 12.8. The van der Waals surface area contributed by atoms with E-state index in [4.69, 9.17) is 11.6 Å². The highest BCUT2D eigenvalue weighted by atomic mass is 79.9. The van der Waals surface area contributed by atoms with Crippen molar-refractivity contribution in [2.75, 3.05) is 12.3 Å². The van der Waals surface area contributed by atoms with Crippen LogP contribution in [0.25, 0.3) is 0 Å². The van der Waals surface area contributed by atoms with Crippen molar-refractivity contribution in [3.05, 3.63) is 75.2 Å². The topological polar surface area (TPSA) is 54.5 Å². The molecule has 3 rings (SSSR count). The molecule has 0 aromatic heterocycles. The summed E-state index contributed by atoms with van der Waals surface area (Å²) in [7, 11) is -3.79. The zero-order valence-corrected chi connectivity index (χ0v) is 18.4. The van der Waals surface area contributed by atoms with Crippen LogP contribution >= 0.6 is 39.3 Å². The normalized spacial score (nSPS) is 17.7. The zero-order chi connectivity index (χ0) is 19.6. The van der Waals surface area contributed by atoms with Crippen LogP contribution in [-0.4, -0.2) is 30.1 Å². The second kappa shape index (κ2) is 8.49. The summed E-state index contributed by atoms with van der Waals surface area (Å²) in [6.45, 7) is 2.05. The van der Waals surface area contributed by atoms with Crippen LogP contribution in [0.5, 0.6) is 0 Å². The number of hydrogen-bond donors (Lipinski definition) is 0. The van der Waals surface area contributed by atoms with Crippen LogP contribution in [0.2, 0.25) is 5.02 Å². The number of carbonyl (C=O) groups excluding carboxylic acids is 1. The Balaban J connectivity index is 2.05. The van der Waals surface area contributed by atoms with Gasteiger partial charge in [0.15, 0.2) is 0 Å². The molecule has 0 radical (unpaired) electrons. The van der Waals surface area contributed by atoms with Crippen molar-refractivity contribution < 1.29 is 13.2 Å². The van der Waals surface area contributed by atoms with Crippen LogP contribution in [-0.2, 0) is 14.8 Å². The number of carbonyl (C=O) groups is 1. The fourth-order valence-corrected chi connectivity index (χ4v) is 5.49. The lowest BCUT2D eigenvalue weighted by Crippen LogP contribution is -2.33. The average molecular weight is 487 g/mol. The molecule has 0 fully saturated rings. The van der Waals surface area contributed by atoms with E-state index in [1.165, 1.54) is 28.2 Å². The predicted octanol–water partition coefficient (Wildman–Crippen LogP) is 5.05. The van der Waals surface area contributed by atoms with E-state index < -0.39 is 16.1 Å². The summed E-state index contributed by atoms with van der Waals surface area (Å²) in [5, 5.41) is 0.368. The number of benzene rings is 2. The Hall–Kier alpha value is -1.12. The van der Waals surface area contributed by atoms with Crippen LogP contribution in [0.4, 0.5) is 0 Å². The number of halogens is 2. The molecule has 27 heavy (non-hydrogen) atoms. The van der Waals surface area contributed by atoms with Gasteiger partial charge in [-0.15, -0.1) is 0 Å². The third-order valence-corrected chi connectivity index (χ3v) is 7.60. The molecule has 0 unspecified atom stereocenters. The van der Waals surface area contributed by atoms with E-state index in [0.29, 0.717) is 16.3 Å². The molecule has 0 saturated carbocycles. The molecular formula is C19H17BrClNO3S2. The van der Waals surface area contributed by atoms with E-state index in [-0.39, 0.29) is 16.6 Å². The summed E-state index contributed by atoms with van der Waals surface area (Å²) in [6, 6.07) is 12.8. The second-order valence-electron chi connectivity index (χ2n) is 5.86. The molecule has 0 bridgehead atoms. The maximum Gasteiger partial charge on any atom is 0.244 e. The van der Waals surface area contributed by atoms with E-state index in [1.807, 2.05) is 31.2 Å². The van der Waals surface area contributed by atoms with Gasteiger partial charge < -0.3 is 0 Å². The van der Waals surface area contributed by atoms with Gasteiger partial charge in [0.2, 0.25) is 15.1 Å². The summed E-state index contributed by atoms with van der Waals surface area (Å²) < 4.78 is 28.7. The van der Waals surface area contributed by atoms with Crippen molar-refractivity contribution in [3.8, 4) is 0 Å². The average Bonchev–Trinajstić information content (AvgIpc) is 3.09. The Morgan fingerprint density at radius 2 is 1.81 bits per heavy atom. The highest BCUT2D eigenvalue weighted by Gasteiger charge is 2.40. The van der Waals surface area contributed by atoms with Gasteiger partial charge in [0.1, 0.15) is 0 Å². The van der Waals surface area contributed by atoms with Gasteiger partial charge in [-0.1, -0.05) is 64.4 Å². The van der Waals surface area contributed by atoms with Crippen molar-refractivity contribution in [3.63, 3.8) is 0 Å². The van der Waals surface area contributed by atoms with Crippen molar-refractivity contribution in [2.45, 2.75) is 17.9 Å². The second-order valence-corrected chi connectivity index (χ2v) is 10.3. The molecule has 142 valence electrons. The quantitative estimate of drug-likeness (QED) is 0.593. The molecule has 0 amide bonds. The minimum Gasteiger partial charge on any atom is -0.282 e. The van der Waals surface area contributed by atoms with Gasteiger partial charge in [0, 0.05) is 21.6 Å². The SMILES string of the molecule is CCSC(=O)C1=CCN(S(=O)(=O)c2ccc(Cl)cc2)[C@@H]1c1ccc(Br)cc1. The lowest BCUT2D eigenvalue weighted by molar-refractivity contribution is -0.108. The van der Waals surface area contributed by atoms with Crippen LogP contribution in [0, 0.1) is 0 Å². The largest absolute Gasteiger partial charge is 0.282 e. The number of sulfonamides is 1. The van der Waals surface area contributed by atoms with Crippen molar-refractivity contribution in [1.82, 2.24) is 4.31 Å². The number of thioether (sulfide) groups is 1. The number of rotatable bonds is 5. The lowest BCUT2D eigenvalue weighted by Gasteiger charge is -2.26. The van der Waals surface area contributed by atoms with Crippen LogP contribution in [0.15, 0.2) is 69.5 Å². The summed E-state index contributed by atoms with van der Waals surface area (Å²) >= 11 is 10.5. The van der Waals surface area contributed by atoms with Gasteiger partial charge in [0.25, 0.3) is 0 Å². The van der Waals surface area contributed by atoms with Crippen molar-refractivity contribution in [2.24, 2.45) is 0 Å². The Morgan fingerprint density at radius 3 is 2.41 bits per heavy atom. The molecule has 1 heterocycles. The maximum absolute atomic E-state index is 13.2. The first kappa shape index (κ1) is 20.6. The van der Waals surface area contributed by atoms with E-state index >= 15 is 0 Å². The molecule has 0 saturated heterocycles. The third kappa shape index (κ3) is 4.32. The summed E-state index contributed by atoms with van der Waals surface area (Å²) in [4.78, 5) is 12.7. The molecule has 1 atom stereocenters. The molecule has 4 nitrogen and oxygen atoms in total. The predicted molar refractivity (Wildman–Crippen MR) is 113 cm³/mol. The van der Waals surface area contributed by atoms with Gasteiger partial charge in [-0.3, -0.25) is 4.79 Å². The molecule has 1 aliphatic rings. The zero-order valence-electron chi connectivity index (χ0n) is 14.4. The Kier molecular flexibility index (Phi) is 6.48. The Labute approximate surface area is 176 Å². The van der Waals surface area contributed by atoms with Gasteiger partial charge in [-0.25, -0.2) is 8.42 Å². The van der Waals surface area contributed by atoms with E-state index in [1.54, 1.807) is 18.2 Å². The summed E-state index contributed by atoms with van der Waals surface area (Å²) in [5.41, 5.74) is 1.26. The van der Waals surface area contributed by atoms with Crippen LogP contribution in [0.3, 0.4) is 0 Å². The van der Waals surface area contributed by atoms with Gasteiger partial charge in [-0.05, 0) is 47.7 Å². The molecule has 1 aliphatic heterocycles. The van der Waals surface area contributed by atoms with Crippen molar-refractivity contribution >= 4 is 54.4 Å². The molecule has 2 aromatic carbocycles. The summed E-state index contributed by atoms with van der Waals surface area (Å²) in [6.07, 6.45) is 1.71. The molecule has 0 N–H and O–H groups in total. The van der Waals surface area contributed by atoms with E-state index in [9.17, 15) is 13.2 Å². The smallest absolute Gasteiger partial charge is 0.244 e. The minimum absolute atomic E-state index is 0.0979. The molecule has 0 aliphatic carbocycles. The van der Waals surface area contributed by atoms with Crippen LogP contribution < -0.4 is 0 Å². The van der Waals surface area contributed by atoms with E-state index in [2.05, 4.69) is 15.9 Å². The third-order valence-electron chi connectivity index (χ3n) is 4.19. The highest BCUT2D eigenvalue weighted by molar-refractivity contribution is 9.10. The Bertz CT molecular complexity index is 973. The van der Waals surface area contributed by atoms with Crippen LogP contribution in [0.1, 0.15) is 18.5 Å². The van der Waals surface area contributed by atoms with E-state index in [0.717, 1.165) is 10.0 Å². The number of hydrogen-bond acceptors (Lipinski definition) is 4.